The molecular formula is C28H42O4Si. The highest BCUT2D eigenvalue weighted by atomic mass is 28.4. The molecule has 0 bridgehead atoms. The van der Waals surface area contributed by atoms with Crippen molar-refractivity contribution in [2.24, 2.45) is 0 Å². The molecule has 0 aliphatic heterocycles. The molecule has 2 aromatic rings. The molecule has 5 heteroatoms. The van der Waals surface area contributed by atoms with Crippen LogP contribution < -0.4 is 10.4 Å². The lowest BCUT2D eigenvalue weighted by molar-refractivity contribution is -0.0800. The summed E-state index contributed by atoms with van der Waals surface area (Å²) in [5, 5.41) is 12.5. The van der Waals surface area contributed by atoms with Crippen molar-refractivity contribution in [3.8, 4) is 0 Å². The lowest BCUT2D eigenvalue weighted by atomic mass is 9.95. The minimum Gasteiger partial charge on any atom is -0.405 e. The van der Waals surface area contributed by atoms with E-state index in [2.05, 4.69) is 88.4 Å². The van der Waals surface area contributed by atoms with Crippen LogP contribution in [0.5, 0.6) is 0 Å². The van der Waals surface area contributed by atoms with E-state index in [4.69, 9.17) is 13.9 Å². The molecule has 0 spiro atoms. The Morgan fingerprint density at radius 2 is 1.55 bits per heavy atom. The number of hydrogen-bond acceptors (Lipinski definition) is 4. The number of aliphatic hydroxyl groups is 1. The Bertz CT molecular complexity index is 766. The molecule has 1 N–H and O–H groups in total. The first kappa shape index (κ1) is 26.1. The third kappa shape index (κ3) is 6.77. The Balaban J connectivity index is 1.84. The molecular weight excluding hydrogens is 428 g/mol. The number of rotatable bonds is 11. The minimum absolute atomic E-state index is 0.0701. The van der Waals surface area contributed by atoms with E-state index in [0.29, 0.717) is 19.8 Å². The smallest absolute Gasteiger partial charge is 0.261 e. The number of benzene rings is 2. The predicted molar refractivity (Wildman–Crippen MR) is 138 cm³/mol. The zero-order valence-electron chi connectivity index (χ0n) is 20.8. The lowest BCUT2D eigenvalue weighted by Crippen LogP contribution is -2.67. The number of ether oxygens (including phenoxy) is 2. The van der Waals surface area contributed by atoms with Gasteiger partial charge in [0.2, 0.25) is 0 Å². The van der Waals surface area contributed by atoms with Crippen molar-refractivity contribution >= 4 is 18.7 Å². The van der Waals surface area contributed by atoms with Gasteiger partial charge in [-0.3, -0.25) is 0 Å². The van der Waals surface area contributed by atoms with Crippen molar-refractivity contribution < 1.29 is 19.0 Å². The van der Waals surface area contributed by atoms with Gasteiger partial charge in [-0.1, -0.05) is 88.4 Å². The van der Waals surface area contributed by atoms with E-state index in [1.165, 1.54) is 10.4 Å². The molecule has 1 aliphatic rings. The molecule has 0 unspecified atom stereocenters. The molecule has 3 rings (SSSR count). The highest BCUT2D eigenvalue weighted by molar-refractivity contribution is 6.99. The number of hydrogen-bond donors (Lipinski definition) is 1. The summed E-state index contributed by atoms with van der Waals surface area (Å²) in [6.45, 7) is 10.7. The summed E-state index contributed by atoms with van der Waals surface area (Å²) in [4.78, 5) is 0. The minimum atomic E-state index is -2.61. The molecule has 4 nitrogen and oxygen atoms in total. The van der Waals surface area contributed by atoms with Gasteiger partial charge in [0.1, 0.15) is 6.10 Å². The Morgan fingerprint density at radius 1 is 0.939 bits per heavy atom. The van der Waals surface area contributed by atoms with E-state index < -0.39 is 8.32 Å². The summed E-state index contributed by atoms with van der Waals surface area (Å²) < 4.78 is 19.5. The molecule has 182 valence electrons. The van der Waals surface area contributed by atoms with Crippen LogP contribution in [-0.4, -0.2) is 51.6 Å². The lowest BCUT2D eigenvalue weighted by Gasteiger charge is -2.43. The standard InChI is InChI=1S/C28H42O4Si/c1-5-19-30-25(21-31-24-14-12-13-23(29)20-24)22-32-33(28(2,3)4,26-15-8-6-9-16-26)27-17-10-7-11-18-27/h6-11,15-18,23-25,29H,5,12-14,19-22H2,1-4H3/t23-,24+,25+/m1/s1. The van der Waals surface area contributed by atoms with E-state index in [1.54, 1.807) is 0 Å². The molecule has 0 radical (unpaired) electrons. The zero-order chi connectivity index (χ0) is 23.7. The van der Waals surface area contributed by atoms with Crippen molar-refractivity contribution in [3.63, 3.8) is 0 Å². The molecule has 2 aromatic carbocycles. The Labute approximate surface area is 201 Å². The second-order valence-electron chi connectivity index (χ2n) is 10.2. The van der Waals surface area contributed by atoms with Crippen molar-refractivity contribution in [1.82, 2.24) is 0 Å². The van der Waals surface area contributed by atoms with Gasteiger partial charge in [0.15, 0.2) is 0 Å². The summed E-state index contributed by atoms with van der Waals surface area (Å²) in [5.74, 6) is 0. The maximum atomic E-state index is 10.0. The largest absolute Gasteiger partial charge is 0.405 e. The molecule has 0 amide bonds. The monoisotopic (exact) mass is 470 g/mol. The van der Waals surface area contributed by atoms with E-state index in [-0.39, 0.29) is 23.4 Å². The van der Waals surface area contributed by atoms with Crippen LogP contribution in [0.4, 0.5) is 0 Å². The van der Waals surface area contributed by atoms with Crippen molar-refractivity contribution in [3.05, 3.63) is 60.7 Å². The van der Waals surface area contributed by atoms with Gasteiger partial charge < -0.3 is 19.0 Å². The van der Waals surface area contributed by atoms with Crippen LogP contribution in [0, 0.1) is 0 Å². The molecule has 0 heterocycles. The van der Waals surface area contributed by atoms with E-state index in [1.807, 2.05) is 0 Å². The fourth-order valence-electron chi connectivity index (χ4n) is 4.92. The second-order valence-corrected chi connectivity index (χ2v) is 14.5. The molecule has 1 aliphatic carbocycles. The molecule has 1 fully saturated rings. The fraction of sp³-hybridized carbons (Fsp3) is 0.571. The first-order valence-electron chi connectivity index (χ1n) is 12.5. The Morgan fingerprint density at radius 3 is 2.06 bits per heavy atom. The van der Waals surface area contributed by atoms with Crippen LogP contribution in [0.2, 0.25) is 5.04 Å². The highest BCUT2D eigenvalue weighted by Gasteiger charge is 2.50. The van der Waals surface area contributed by atoms with E-state index in [9.17, 15) is 5.11 Å². The van der Waals surface area contributed by atoms with Crippen LogP contribution in [0.15, 0.2) is 60.7 Å². The second kappa shape index (κ2) is 12.3. The van der Waals surface area contributed by atoms with Gasteiger partial charge >= 0.3 is 0 Å². The normalized spacial score (nSPS) is 20.5. The molecule has 33 heavy (non-hydrogen) atoms. The SMILES string of the molecule is CCCO[C@@H](CO[C@H]1CCC[C@@H](O)C1)CO[Si](c1ccccc1)(c1ccccc1)C(C)(C)C. The zero-order valence-corrected chi connectivity index (χ0v) is 21.8. The van der Waals surface area contributed by atoms with E-state index in [0.717, 1.165) is 32.1 Å². The number of aliphatic hydroxyl groups excluding tert-OH is 1. The van der Waals surface area contributed by atoms with Crippen molar-refractivity contribution in [2.75, 3.05) is 19.8 Å². The topological polar surface area (TPSA) is 47.9 Å². The average Bonchev–Trinajstić information content (AvgIpc) is 2.81. The Hall–Kier alpha value is -1.50. The first-order valence-corrected chi connectivity index (χ1v) is 14.4. The summed E-state index contributed by atoms with van der Waals surface area (Å²) in [6, 6.07) is 21.4. The van der Waals surface area contributed by atoms with Gasteiger partial charge in [-0.2, -0.15) is 0 Å². The van der Waals surface area contributed by atoms with Crippen molar-refractivity contribution in [2.45, 2.75) is 83.1 Å². The summed E-state index contributed by atoms with van der Waals surface area (Å²) in [5.41, 5.74) is 0. The van der Waals surface area contributed by atoms with Crippen LogP contribution >= 0.6 is 0 Å². The van der Waals surface area contributed by atoms with Crippen molar-refractivity contribution in [1.29, 1.82) is 0 Å². The molecule has 0 saturated heterocycles. The third-order valence-corrected chi connectivity index (χ3v) is 11.6. The quantitative estimate of drug-likeness (QED) is 0.485. The van der Waals surface area contributed by atoms with Crippen LogP contribution in [0.3, 0.4) is 0 Å². The van der Waals surface area contributed by atoms with Gasteiger partial charge in [-0.15, -0.1) is 0 Å². The summed E-state index contributed by atoms with van der Waals surface area (Å²) in [6.07, 6.45) is 4.31. The van der Waals surface area contributed by atoms with Crippen LogP contribution in [0.25, 0.3) is 0 Å². The molecule has 3 atom stereocenters. The fourth-order valence-corrected chi connectivity index (χ4v) is 9.51. The van der Waals surface area contributed by atoms with Gasteiger partial charge in [-0.25, -0.2) is 0 Å². The third-order valence-electron chi connectivity index (χ3n) is 6.58. The van der Waals surface area contributed by atoms with E-state index >= 15 is 0 Å². The summed E-state index contributed by atoms with van der Waals surface area (Å²) in [7, 11) is -2.61. The Kier molecular flexibility index (Phi) is 9.71. The highest BCUT2D eigenvalue weighted by Crippen LogP contribution is 2.37. The predicted octanol–water partition coefficient (Wildman–Crippen LogP) is 4.68. The van der Waals surface area contributed by atoms with Crippen LogP contribution in [-0.2, 0) is 13.9 Å². The van der Waals surface area contributed by atoms with Gasteiger partial charge in [0.25, 0.3) is 8.32 Å². The first-order chi connectivity index (χ1) is 15.9. The van der Waals surface area contributed by atoms with Gasteiger partial charge in [-0.05, 0) is 47.5 Å². The molecule has 1 saturated carbocycles. The maximum Gasteiger partial charge on any atom is 0.261 e. The maximum absolute atomic E-state index is 10.0. The summed E-state index contributed by atoms with van der Waals surface area (Å²) >= 11 is 0. The van der Waals surface area contributed by atoms with Gasteiger partial charge in [0.05, 0.1) is 25.4 Å². The molecule has 0 aromatic heterocycles. The average molecular weight is 471 g/mol. The van der Waals surface area contributed by atoms with Gasteiger partial charge in [0, 0.05) is 6.61 Å². The van der Waals surface area contributed by atoms with Crippen LogP contribution in [0.1, 0.15) is 59.8 Å².